The maximum atomic E-state index is 14.4. The minimum Gasteiger partial charge on any atom is -0.340 e. The van der Waals surface area contributed by atoms with Gasteiger partial charge in [-0.15, -0.1) is 0 Å². The Morgan fingerprint density at radius 3 is 2.33 bits per heavy atom. The lowest BCUT2D eigenvalue weighted by Gasteiger charge is -2.21. The van der Waals surface area contributed by atoms with E-state index in [9.17, 15) is 8.78 Å². The Hall–Kier alpha value is -1.71. The van der Waals surface area contributed by atoms with Gasteiger partial charge in [0.05, 0.1) is 12.0 Å². The van der Waals surface area contributed by atoms with E-state index >= 15 is 0 Å². The molecule has 0 aliphatic carbocycles. The summed E-state index contributed by atoms with van der Waals surface area (Å²) >= 11 is 0. The Kier molecular flexibility index (Phi) is 2.97. The van der Waals surface area contributed by atoms with Crippen LogP contribution in [0.15, 0.2) is 24.7 Å². The third kappa shape index (κ3) is 2.15. The molecule has 0 amide bonds. The molecule has 0 saturated heterocycles. The molecule has 1 heterocycles. The first-order valence-corrected chi connectivity index (χ1v) is 5.77. The van der Waals surface area contributed by atoms with Gasteiger partial charge in [0.1, 0.15) is 11.6 Å². The third-order valence-electron chi connectivity index (χ3n) is 2.82. The molecule has 0 saturated carbocycles. The number of aryl methyl sites for hydroxylation is 1. The van der Waals surface area contributed by atoms with Crippen LogP contribution in [0.2, 0.25) is 0 Å². The van der Waals surface area contributed by atoms with Gasteiger partial charge in [0.2, 0.25) is 0 Å². The fourth-order valence-corrected chi connectivity index (χ4v) is 1.99. The van der Waals surface area contributed by atoms with Crippen molar-refractivity contribution in [3.05, 3.63) is 41.9 Å². The molecule has 1 aromatic carbocycles. The minimum absolute atomic E-state index is 0.102. The summed E-state index contributed by atoms with van der Waals surface area (Å²) in [6, 6.07) is 2.73. The smallest absolute Gasteiger partial charge is 0.139 e. The van der Waals surface area contributed by atoms with Gasteiger partial charge in [0.25, 0.3) is 0 Å². The Labute approximate surface area is 105 Å². The van der Waals surface area contributed by atoms with Crippen LogP contribution in [0.3, 0.4) is 0 Å². The van der Waals surface area contributed by atoms with Crippen LogP contribution >= 0.6 is 0 Å². The number of benzene rings is 1. The van der Waals surface area contributed by atoms with Crippen LogP contribution in [0, 0.1) is 11.6 Å². The molecule has 0 atom stereocenters. The number of aromatic nitrogens is 2. The third-order valence-corrected chi connectivity index (χ3v) is 2.82. The van der Waals surface area contributed by atoms with Crippen LogP contribution in [0.1, 0.15) is 26.3 Å². The topological polar surface area (TPSA) is 17.8 Å². The molecule has 0 spiro atoms. The predicted octanol–water partition coefficient (Wildman–Crippen LogP) is 3.66. The summed E-state index contributed by atoms with van der Waals surface area (Å²) < 4.78 is 29.9. The summed E-state index contributed by atoms with van der Waals surface area (Å²) in [5, 5.41) is 0. The van der Waals surface area contributed by atoms with Gasteiger partial charge < -0.3 is 4.57 Å². The first-order chi connectivity index (χ1) is 8.30. The average Bonchev–Trinajstić information content (AvgIpc) is 2.62. The van der Waals surface area contributed by atoms with Crippen molar-refractivity contribution in [1.82, 2.24) is 9.55 Å². The fraction of sp³-hybridized carbons (Fsp3) is 0.357. The van der Waals surface area contributed by atoms with Crippen molar-refractivity contribution in [2.75, 3.05) is 0 Å². The molecule has 0 unspecified atom stereocenters. The zero-order valence-electron chi connectivity index (χ0n) is 11.0. The van der Waals surface area contributed by atoms with Crippen LogP contribution in [0.25, 0.3) is 11.3 Å². The highest BCUT2D eigenvalue weighted by Crippen LogP contribution is 2.33. The standard InChI is InChI=1S/C14H16F2N2/c1-14(2,3)12-10(15)6-5-9(13(12)16)11-7-18(4)8-17-11/h5-8H,1-4H3. The van der Waals surface area contributed by atoms with E-state index in [1.165, 1.54) is 12.1 Å². The second-order valence-electron chi connectivity index (χ2n) is 5.46. The lowest BCUT2D eigenvalue weighted by Crippen LogP contribution is -2.16. The molecule has 0 bridgehead atoms. The maximum absolute atomic E-state index is 14.4. The molecule has 2 aromatic rings. The molecule has 0 N–H and O–H groups in total. The molecule has 2 rings (SSSR count). The van der Waals surface area contributed by atoms with Crippen LogP contribution in [0.5, 0.6) is 0 Å². The zero-order valence-corrected chi connectivity index (χ0v) is 11.0. The minimum atomic E-state index is -0.584. The van der Waals surface area contributed by atoms with Gasteiger partial charge in [-0.25, -0.2) is 13.8 Å². The quantitative estimate of drug-likeness (QED) is 0.755. The van der Waals surface area contributed by atoms with Gasteiger partial charge in [0, 0.05) is 24.4 Å². The highest BCUT2D eigenvalue weighted by molar-refractivity contribution is 5.61. The van der Waals surface area contributed by atoms with Crippen LogP contribution in [0.4, 0.5) is 8.78 Å². The number of hydrogen-bond donors (Lipinski definition) is 0. The molecule has 18 heavy (non-hydrogen) atoms. The second-order valence-corrected chi connectivity index (χ2v) is 5.46. The van der Waals surface area contributed by atoms with Crippen LogP contribution in [-0.2, 0) is 12.5 Å². The van der Waals surface area contributed by atoms with Crippen molar-refractivity contribution >= 4 is 0 Å². The molecule has 0 aliphatic rings. The van der Waals surface area contributed by atoms with E-state index in [0.717, 1.165) is 0 Å². The van der Waals surface area contributed by atoms with Crippen molar-refractivity contribution in [2.45, 2.75) is 26.2 Å². The SMILES string of the molecule is Cn1cnc(-c2ccc(F)c(C(C)(C)C)c2F)c1. The van der Waals surface area contributed by atoms with E-state index in [0.29, 0.717) is 11.3 Å². The van der Waals surface area contributed by atoms with E-state index in [4.69, 9.17) is 0 Å². The van der Waals surface area contributed by atoms with Crippen molar-refractivity contribution in [3.8, 4) is 11.3 Å². The lowest BCUT2D eigenvalue weighted by atomic mass is 9.85. The highest BCUT2D eigenvalue weighted by atomic mass is 19.1. The number of imidazole rings is 1. The van der Waals surface area contributed by atoms with Gasteiger partial charge in [-0.2, -0.15) is 0 Å². The summed E-state index contributed by atoms with van der Waals surface area (Å²) in [7, 11) is 1.81. The number of rotatable bonds is 1. The first kappa shape index (κ1) is 12.7. The number of halogens is 2. The Bertz CT molecular complexity index is 580. The Morgan fingerprint density at radius 1 is 1.17 bits per heavy atom. The fourth-order valence-electron chi connectivity index (χ4n) is 1.99. The monoisotopic (exact) mass is 250 g/mol. The normalized spacial score (nSPS) is 11.9. The van der Waals surface area contributed by atoms with E-state index in [1.54, 1.807) is 37.9 Å². The van der Waals surface area contributed by atoms with Gasteiger partial charge in [-0.3, -0.25) is 0 Å². The average molecular weight is 250 g/mol. The number of hydrogen-bond acceptors (Lipinski definition) is 1. The van der Waals surface area contributed by atoms with E-state index in [1.807, 2.05) is 7.05 Å². The van der Waals surface area contributed by atoms with Crippen LogP contribution < -0.4 is 0 Å². The second kappa shape index (κ2) is 4.19. The molecule has 96 valence electrons. The number of nitrogens with zero attached hydrogens (tertiary/aromatic N) is 2. The van der Waals surface area contributed by atoms with E-state index in [-0.39, 0.29) is 5.56 Å². The highest BCUT2D eigenvalue weighted by Gasteiger charge is 2.25. The molecule has 1 aromatic heterocycles. The van der Waals surface area contributed by atoms with E-state index in [2.05, 4.69) is 4.98 Å². The maximum Gasteiger partial charge on any atom is 0.139 e. The summed E-state index contributed by atoms with van der Waals surface area (Å²) in [5.74, 6) is -1.04. The molecule has 2 nitrogen and oxygen atoms in total. The zero-order chi connectivity index (χ0) is 13.5. The largest absolute Gasteiger partial charge is 0.340 e. The molecular weight excluding hydrogens is 234 g/mol. The van der Waals surface area contributed by atoms with E-state index < -0.39 is 17.0 Å². The summed E-state index contributed by atoms with van der Waals surface area (Å²) in [5.41, 5.74) is 0.368. The molecule has 0 aliphatic heterocycles. The van der Waals surface area contributed by atoms with Crippen molar-refractivity contribution in [3.63, 3.8) is 0 Å². The Morgan fingerprint density at radius 2 is 1.83 bits per heavy atom. The Balaban J connectivity index is 2.65. The van der Waals surface area contributed by atoms with Crippen molar-refractivity contribution in [2.24, 2.45) is 7.05 Å². The predicted molar refractivity (Wildman–Crippen MR) is 67.3 cm³/mol. The molecular formula is C14H16F2N2. The molecule has 4 heteroatoms. The van der Waals surface area contributed by atoms with Crippen molar-refractivity contribution < 1.29 is 8.78 Å². The lowest BCUT2D eigenvalue weighted by molar-refractivity contribution is 0.477. The summed E-state index contributed by atoms with van der Waals surface area (Å²) in [4.78, 5) is 4.10. The first-order valence-electron chi connectivity index (χ1n) is 5.77. The van der Waals surface area contributed by atoms with Gasteiger partial charge in [0.15, 0.2) is 0 Å². The van der Waals surface area contributed by atoms with Crippen LogP contribution in [-0.4, -0.2) is 9.55 Å². The van der Waals surface area contributed by atoms with Crippen molar-refractivity contribution in [1.29, 1.82) is 0 Å². The molecule has 0 fully saturated rings. The summed E-state index contributed by atoms with van der Waals surface area (Å²) in [6.45, 7) is 5.37. The summed E-state index contributed by atoms with van der Waals surface area (Å²) in [6.07, 6.45) is 3.30. The molecule has 0 radical (unpaired) electrons. The van der Waals surface area contributed by atoms with Gasteiger partial charge in [-0.05, 0) is 17.5 Å². The van der Waals surface area contributed by atoms with Gasteiger partial charge >= 0.3 is 0 Å². The van der Waals surface area contributed by atoms with Gasteiger partial charge in [-0.1, -0.05) is 20.8 Å².